The molecule has 1 aromatic heterocycles. The fraction of sp³-hybridized carbons (Fsp3) is 0.286. The third-order valence-corrected chi connectivity index (χ3v) is 2.97. The number of benzene rings is 1. The summed E-state index contributed by atoms with van der Waals surface area (Å²) in [5.74, 6) is -0.285. The topological polar surface area (TPSA) is 53.6 Å². The Hall–Kier alpha value is -2.19. The summed E-state index contributed by atoms with van der Waals surface area (Å²) in [5.41, 5.74) is 2.12. The van der Waals surface area contributed by atoms with Gasteiger partial charge in [0, 0.05) is 44.0 Å². The quantitative estimate of drug-likeness (QED) is 0.831. The first-order chi connectivity index (χ1) is 9.20. The van der Waals surface area contributed by atoms with Crippen LogP contribution in [0, 0.1) is 17.1 Å². The van der Waals surface area contributed by atoms with Gasteiger partial charge in [-0.1, -0.05) is 0 Å². The van der Waals surface area contributed by atoms with Gasteiger partial charge in [-0.2, -0.15) is 10.4 Å². The molecule has 0 spiro atoms. The van der Waals surface area contributed by atoms with Crippen molar-refractivity contribution in [2.45, 2.75) is 13.0 Å². The predicted octanol–water partition coefficient (Wildman–Crippen LogP) is 1.76. The molecular weight excluding hydrogens is 243 g/mol. The standard InChI is InChI=1S/C14H15FN4/c1-19-13(5-7-18-19)4-6-17-10-12-8-11(9-16)2-3-14(12)15/h2-3,5,7-8,17H,4,6,10H2,1H3. The van der Waals surface area contributed by atoms with E-state index in [-0.39, 0.29) is 5.82 Å². The van der Waals surface area contributed by atoms with Crippen molar-refractivity contribution < 1.29 is 4.39 Å². The summed E-state index contributed by atoms with van der Waals surface area (Å²) >= 11 is 0. The Bertz CT molecular complexity index is 598. The van der Waals surface area contributed by atoms with Crippen molar-refractivity contribution in [2.24, 2.45) is 7.05 Å². The molecule has 0 aliphatic carbocycles. The number of nitriles is 1. The molecule has 5 heteroatoms. The summed E-state index contributed by atoms with van der Waals surface area (Å²) in [5, 5.41) is 16.0. The van der Waals surface area contributed by atoms with Crippen LogP contribution in [-0.2, 0) is 20.0 Å². The van der Waals surface area contributed by atoms with E-state index in [2.05, 4.69) is 10.4 Å². The summed E-state index contributed by atoms with van der Waals surface area (Å²) < 4.78 is 15.3. The van der Waals surface area contributed by atoms with Gasteiger partial charge in [0.15, 0.2) is 0 Å². The number of hydrogen-bond donors (Lipinski definition) is 1. The smallest absolute Gasteiger partial charge is 0.127 e. The Labute approximate surface area is 111 Å². The van der Waals surface area contributed by atoms with Gasteiger partial charge < -0.3 is 5.32 Å². The van der Waals surface area contributed by atoms with E-state index in [1.807, 2.05) is 23.9 Å². The first-order valence-corrected chi connectivity index (χ1v) is 6.07. The van der Waals surface area contributed by atoms with E-state index in [9.17, 15) is 4.39 Å². The number of aromatic nitrogens is 2. The molecule has 98 valence electrons. The third kappa shape index (κ3) is 3.39. The van der Waals surface area contributed by atoms with E-state index in [0.717, 1.165) is 18.7 Å². The minimum atomic E-state index is -0.285. The van der Waals surface area contributed by atoms with Crippen molar-refractivity contribution in [1.82, 2.24) is 15.1 Å². The van der Waals surface area contributed by atoms with E-state index < -0.39 is 0 Å². The van der Waals surface area contributed by atoms with Crippen molar-refractivity contribution in [2.75, 3.05) is 6.54 Å². The molecule has 0 atom stereocenters. The van der Waals surface area contributed by atoms with E-state index in [1.165, 1.54) is 12.1 Å². The van der Waals surface area contributed by atoms with Gasteiger partial charge in [-0.25, -0.2) is 4.39 Å². The lowest BCUT2D eigenvalue weighted by Crippen LogP contribution is -2.18. The highest BCUT2D eigenvalue weighted by molar-refractivity contribution is 5.33. The van der Waals surface area contributed by atoms with Gasteiger partial charge in [-0.05, 0) is 24.3 Å². The van der Waals surface area contributed by atoms with E-state index in [4.69, 9.17) is 5.26 Å². The second-order valence-corrected chi connectivity index (χ2v) is 4.29. The fourth-order valence-corrected chi connectivity index (χ4v) is 1.87. The summed E-state index contributed by atoms with van der Waals surface area (Å²) in [6.45, 7) is 1.15. The average molecular weight is 258 g/mol. The van der Waals surface area contributed by atoms with Crippen LogP contribution in [0.15, 0.2) is 30.5 Å². The van der Waals surface area contributed by atoms with Crippen LogP contribution in [0.1, 0.15) is 16.8 Å². The minimum absolute atomic E-state index is 0.285. The molecular formula is C14H15FN4. The minimum Gasteiger partial charge on any atom is -0.312 e. The first kappa shape index (κ1) is 13.2. The molecule has 0 fully saturated rings. The molecule has 4 nitrogen and oxygen atoms in total. The molecule has 1 heterocycles. The zero-order valence-electron chi connectivity index (χ0n) is 10.7. The fourth-order valence-electron chi connectivity index (χ4n) is 1.87. The van der Waals surface area contributed by atoms with E-state index >= 15 is 0 Å². The molecule has 2 aromatic rings. The molecule has 0 saturated carbocycles. The molecule has 0 unspecified atom stereocenters. The highest BCUT2D eigenvalue weighted by atomic mass is 19.1. The van der Waals surface area contributed by atoms with Gasteiger partial charge in [0.1, 0.15) is 5.82 Å². The third-order valence-electron chi connectivity index (χ3n) is 2.97. The highest BCUT2D eigenvalue weighted by Crippen LogP contribution is 2.09. The van der Waals surface area contributed by atoms with Crippen molar-refractivity contribution in [1.29, 1.82) is 5.26 Å². The van der Waals surface area contributed by atoms with Crippen LogP contribution in [0.3, 0.4) is 0 Å². The highest BCUT2D eigenvalue weighted by Gasteiger charge is 2.03. The zero-order chi connectivity index (χ0) is 13.7. The Balaban J connectivity index is 1.86. The van der Waals surface area contributed by atoms with Crippen LogP contribution in [-0.4, -0.2) is 16.3 Å². The molecule has 0 aliphatic rings. The molecule has 2 rings (SSSR count). The number of halogens is 1. The molecule has 1 N–H and O–H groups in total. The van der Waals surface area contributed by atoms with Gasteiger partial charge in [0.2, 0.25) is 0 Å². The number of nitrogens with zero attached hydrogens (tertiary/aromatic N) is 3. The molecule has 0 saturated heterocycles. The summed E-state index contributed by atoms with van der Waals surface area (Å²) in [6, 6.07) is 8.35. The van der Waals surface area contributed by atoms with Crippen molar-refractivity contribution in [3.63, 3.8) is 0 Å². The second-order valence-electron chi connectivity index (χ2n) is 4.29. The molecule has 19 heavy (non-hydrogen) atoms. The van der Waals surface area contributed by atoms with Crippen molar-refractivity contribution in [3.8, 4) is 6.07 Å². The maximum atomic E-state index is 13.5. The first-order valence-electron chi connectivity index (χ1n) is 6.07. The average Bonchev–Trinajstić information content (AvgIpc) is 2.82. The van der Waals surface area contributed by atoms with Crippen LogP contribution in [0.25, 0.3) is 0 Å². The monoisotopic (exact) mass is 258 g/mol. The molecule has 1 aromatic carbocycles. The molecule has 0 radical (unpaired) electrons. The van der Waals surface area contributed by atoms with E-state index in [0.29, 0.717) is 17.7 Å². The summed E-state index contributed by atoms with van der Waals surface area (Å²) in [6.07, 6.45) is 2.58. The Kier molecular flexibility index (Phi) is 4.26. The second kappa shape index (κ2) is 6.12. The van der Waals surface area contributed by atoms with Gasteiger partial charge in [0.25, 0.3) is 0 Å². The normalized spacial score (nSPS) is 10.4. The lowest BCUT2D eigenvalue weighted by molar-refractivity contribution is 0.583. The van der Waals surface area contributed by atoms with Crippen LogP contribution < -0.4 is 5.32 Å². The maximum absolute atomic E-state index is 13.5. The summed E-state index contributed by atoms with van der Waals surface area (Å²) in [4.78, 5) is 0. The van der Waals surface area contributed by atoms with Crippen LogP contribution in [0.4, 0.5) is 4.39 Å². The van der Waals surface area contributed by atoms with Gasteiger partial charge in [0.05, 0.1) is 11.6 Å². The Morgan fingerprint density at radius 1 is 1.42 bits per heavy atom. The van der Waals surface area contributed by atoms with Crippen LogP contribution in [0.5, 0.6) is 0 Å². The van der Waals surface area contributed by atoms with Crippen molar-refractivity contribution in [3.05, 3.63) is 53.1 Å². The lowest BCUT2D eigenvalue weighted by atomic mass is 10.1. The molecule has 0 aliphatic heterocycles. The van der Waals surface area contributed by atoms with Gasteiger partial charge >= 0.3 is 0 Å². The lowest BCUT2D eigenvalue weighted by Gasteiger charge is -2.06. The number of hydrogen-bond acceptors (Lipinski definition) is 3. The van der Waals surface area contributed by atoms with Crippen molar-refractivity contribution >= 4 is 0 Å². The Morgan fingerprint density at radius 3 is 2.95 bits per heavy atom. The van der Waals surface area contributed by atoms with E-state index in [1.54, 1.807) is 12.3 Å². The largest absolute Gasteiger partial charge is 0.312 e. The number of rotatable bonds is 5. The zero-order valence-corrected chi connectivity index (χ0v) is 10.7. The predicted molar refractivity (Wildman–Crippen MR) is 69.7 cm³/mol. The maximum Gasteiger partial charge on any atom is 0.127 e. The molecule has 0 amide bonds. The Morgan fingerprint density at radius 2 is 2.26 bits per heavy atom. The summed E-state index contributed by atoms with van der Waals surface area (Å²) in [7, 11) is 1.89. The van der Waals surface area contributed by atoms with Crippen LogP contribution in [0.2, 0.25) is 0 Å². The van der Waals surface area contributed by atoms with Gasteiger partial charge in [-0.3, -0.25) is 4.68 Å². The molecule has 0 bridgehead atoms. The SMILES string of the molecule is Cn1nccc1CCNCc1cc(C#N)ccc1F. The van der Waals surface area contributed by atoms with Gasteiger partial charge in [-0.15, -0.1) is 0 Å². The number of nitrogens with one attached hydrogen (secondary N) is 1. The number of aryl methyl sites for hydroxylation is 1. The van der Waals surface area contributed by atoms with Crippen LogP contribution >= 0.6 is 0 Å².